The fraction of sp³-hybridized carbons (Fsp3) is 0.700. The Hall–Kier alpha value is -0.450. The topological polar surface area (TPSA) is 28.2 Å². The monoisotopic (exact) mass is 211 g/mol. The number of nitrogens with one attached hydrogen (secondary N) is 1. The third kappa shape index (κ3) is 2.77. The Morgan fingerprint density at radius 2 is 2.64 bits per heavy atom. The van der Waals surface area contributed by atoms with Crippen LogP contribution in [0.4, 0.5) is 0 Å². The van der Waals surface area contributed by atoms with E-state index in [0.29, 0.717) is 6.04 Å². The van der Waals surface area contributed by atoms with Gasteiger partial charge in [-0.3, -0.25) is 0 Å². The van der Waals surface area contributed by atoms with Gasteiger partial charge in [-0.25, -0.2) is 4.98 Å². The SMILES string of the molecule is CN1CCCC(NCc2nccs2)C1. The van der Waals surface area contributed by atoms with Crippen LogP contribution < -0.4 is 5.32 Å². The summed E-state index contributed by atoms with van der Waals surface area (Å²) in [6, 6.07) is 0.651. The van der Waals surface area contributed by atoms with Crippen LogP contribution in [0.25, 0.3) is 0 Å². The molecule has 14 heavy (non-hydrogen) atoms. The lowest BCUT2D eigenvalue weighted by Gasteiger charge is -2.30. The number of piperidine rings is 1. The van der Waals surface area contributed by atoms with Gasteiger partial charge in [-0.1, -0.05) is 0 Å². The van der Waals surface area contributed by atoms with Crippen LogP contribution in [0, 0.1) is 0 Å². The van der Waals surface area contributed by atoms with Crippen LogP contribution in [0.15, 0.2) is 11.6 Å². The van der Waals surface area contributed by atoms with Crippen molar-refractivity contribution in [2.45, 2.75) is 25.4 Å². The van der Waals surface area contributed by atoms with Gasteiger partial charge in [-0.05, 0) is 26.4 Å². The second-order valence-corrected chi connectivity index (χ2v) is 4.89. The van der Waals surface area contributed by atoms with E-state index in [2.05, 4.69) is 22.2 Å². The van der Waals surface area contributed by atoms with Crippen molar-refractivity contribution in [1.29, 1.82) is 0 Å². The Labute approximate surface area is 89.1 Å². The minimum absolute atomic E-state index is 0.651. The quantitative estimate of drug-likeness (QED) is 0.817. The maximum atomic E-state index is 4.26. The van der Waals surface area contributed by atoms with Crippen LogP contribution in [-0.2, 0) is 6.54 Å². The zero-order valence-corrected chi connectivity index (χ0v) is 9.39. The molecule has 3 nitrogen and oxygen atoms in total. The second kappa shape index (κ2) is 4.87. The highest BCUT2D eigenvalue weighted by Crippen LogP contribution is 2.09. The predicted octanol–water partition coefficient (Wildman–Crippen LogP) is 1.33. The summed E-state index contributed by atoms with van der Waals surface area (Å²) < 4.78 is 0. The summed E-state index contributed by atoms with van der Waals surface area (Å²) in [7, 11) is 2.19. The molecule has 0 spiro atoms. The normalized spacial score (nSPS) is 23.9. The van der Waals surface area contributed by atoms with Crippen LogP contribution in [0.3, 0.4) is 0 Å². The van der Waals surface area contributed by atoms with Gasteiger partial charge < -0.3 is 10.2 Å². The average Bonchev–Trinajstić information content (AvgIpc) is 2.67. The molecule has 0 radical (unpaired) electrons. The number of thiazole rings is 1. The summed E-state index contributed by atoms with van der Waals surface area (Å²) in [5.74, 6) is 0. The van der Waals surface area contributed by atoms with Gasteiger partial charge in [0.05, 0.1) is 0 Å². The molecule has 1 aliphatic rings. The Balaban J connectivity index is 1.75. The van der Waals surface area contributed by atoms with Gasteiger partial charge in [0, 0.05) is 30.7 Å². The fourth-order valence-electron chi connectivity index (χ4n) is 1.90. The fourth-order valence-corrected chi connectivity index (χ4v) is 2.47. The van der Waals surface area contributed by atoms with Gasteiger partial charge in [0.1, 0.15) is 5.01 Å². The third-order valence-corrected chi connectivity index (χ3v) is 3.43. The van der Waals surface area contributed by atoms with E-state index in [1.54, 1.807) is 11.3 Å². The number of aromatic nitrogens is 1. The molecule has 0 bridgehead atoms. The van der Waals surface area contributed by atoms with E-state index in [9.17, 15) is 0 Å². The third-order valence-electron chi connectivity index (χ3n) is 2.65. The van der Waals surface area contributed by atoms with Crippen molar-refractivity contribution in [1.82, 2.24) is 15.2 Å². The summed E-state index contributed by atoms with van der Waals surface area (Å²) in [6.07, 6.45) is 4.48. The van der Waals surface area contributed by atoms with Crippen molar-refractivity contribution in [2.75, 3.05) is 20.1 Å². The molecule has 1 aromatic heterocycles. The molecule has 1 N–H and O–H groups in total. The second-order valence-electron chi connectivity index (χ2n) is 3.91. The number of likely N-dealkylation sites (tertiary alicyclic amines) is 1. The number of nitrogens with zero attached hydrogens (tertiary/aromatic N) is 2. The van der Waals surface area contributed by atoms with Crippen molar-refractivity contribution in [2.24, 2.45) is 0 Å². The number of likely N-dealkylation sites (N-methyl/N-ethyl adjacent to an activating group) is 1. The maximum Gasteiger partial charge on any atom is 0.106 e. The molecule has 0 aliphatic carbocycles. The summed E-state index contributed by atoms with van der Waals surface area (Å²) >= 11 is 1.73. The van der Waals surface area contributed by atoms with E-state index in [0.717, 1.165) is 6.54 Å². The minimum Gasteiger partial charge on any atom is -0.306 e. The molecular formula is C10H17N3S. The van der Waals surface area contributed by atoms with Crippen LogP contribution in [0.1, 0.15) is 17.8 Å². The molecule has 78 valence electrons. The summed E-state index contributed by atoms with van der Waals surface area (Å²) in [5, 5.41) is 6.79. The average molecular weight is 211 g/mol. The van der Waals surface area contributed by atoms with Crippen molar-refractivity contribution in [3.05, 3.63) is 16.6 Å². The van der Waals surface area contributed by atoms with E-state index < -0.39 is 0 Å². The minimum atomic E-state index is 0.651. The van der Waals surface area contributed by atoms with Crippen LogP contribution in [0.2, 0.25) is 0 Å². The van der Waals surface area contributed by atoms with Crippen LogP contribution in [-0.4, -0.2) is 36.1 Å². The first-order valence-corrected chi connectivity index (χ1v) is 6.03. The summed E-state index contributed by atoms with van der Waals surface area (Å²) in [4.78, 5) is 6.65. The molecule has 2 heterocycles. The zero-order chi connectivity index (χ0) is 9.80. The Bertz CT molecular complexity index is 260. The zero-order valence-electron chi connectivity index (χ0n) is 8.57. The lowest BCUT2D eigenvalue weighted by atomic mass is 10.1. The van der Waals surface area contributed by atoms with Crippen LogP contribution >= 0.6 is 11.3 Å². The molecule has 0 amide bonds. The van der Waals surface area contributed by atoms with Gasteiger partial charge in [0.25, 0.3) is 0 Å². The largest absolute Gasteiger partial charge is 0.306 e. The highest BCUT2D eigenvalue weighted by molar-refractivity contribution is 7.09. The first kappa shape index (κ1) is 10.1. The van der Waals surface area contributed by atoms with E-state index in [-0.39, 0.29) is 0 Å². The van der Waals surface area contributed by atoms with E-state index in [4.69, 9.17) is 0 Å². The lowest BCUT2D eigenvalue weighted by Crippen LogP contribution is -2.43. The molecule has 1 unspecified atom stereocenters. The first-order valence-electron chi connectivity index (χ1n) is 5.15. The van der Waals surface area contributed by atoms with E-state index in [1.165, 1.54) is 30.9 Å². The molecule has 4 heteroatoms. The number of hydrogen-bond donors (Lipinski definition) is 1. The highest BCUT2D eigenvalue weighted by Gasteiger charge is 2.16. The van der Waals surface area contributed by atoms with Gasteiger partial charge in [-0.15, -0.1) is 11.3 Å². The van der Waals surface area contributed by atoms with Gasteiger partial charge in [0.2, 0.25) is 0 Å². The molecule has 0 saturated carbocycles. The molecule has 1 fully saturated rings. The van der Waals surface area contributed by atoms with Gasteiger partial charge in [-0.2, -0.15) is 0 Å². The Morgan fingerprint density at radius 3 is 3.36 bits per heavy atom. The summed E-state index contributed by atoms with van der Waals surface area (Å²) in [6.45, 7) is 3.34. The Morgan fingerprint density at radius 1 is 1.71 bits per heavy atom. The predicted molar refractivity (Wildman–Crippen MR) is 59.5 cm³/mol. The van der Waals surface area contributed by atoms with Crippen LogP contribution in [0.5, 0.6) is 0 Å². The van der Waals surface area contributed by atoms with E-state index in [1.807, 2.05) is 11.6 Å². The molecule has 2 rings (SSSR count). The molecule has 1 atom stereocenters. The number of rotatable bonds is 3. The maximum absolute atomic E-state index is 4.26. The van der Waals surface area contributed by atoms with Gasteiger partial charge >= 0.3 is 0 Å². The summed E-state index contributed by atoms with van der Waals surface area (Å²) in [5.41, 5.74) is 0. The highest BCUT2D eigenvalue weighted by atomic mass is 32.1. The van der Waals surface area contributed by atoms with E-state index >= 15 is 0 Å². The van der Waals surface area contributed by atoms with Gasteiger partial charge in [0.15, 0.2) is 0 Å². The molecule has 1 saturated heterocycles. The first-order chi connectivity index (χ1) is 6.84. The molecule has 0 aromatic carbocycles. The number of hydrogen-bond acceptors (Lipinski definition) is 4. The lowest BCUT2D eigenvalue weighted by molar-refractivity contribution is 0.226. The van der Waals surface area contributed by atoms with Crippen molar-refractivity contribution >= 4 is 11.3 Å². The van der Waals surface area contributed by atoms with Crippen molar-refractivity contribution < 1.29 is 0 Å². The standard InChI is InChI=1S/C10H17N3S/c1-13-5-2-3-9(8-13)12-7-10-11-4-6-14-10/h4,6,9,12H,2-3,5,7-8H2,1H3. The molecule has 1 aliphatic heterocycles. The molecular weight excluding hydrogens is 194 g/mol. The smallest absolute Gasteiger partial charge is 0.106 e. The Kier molecular flexibility index (Phi) is 3.50. The van der Waals surface area contributed by atoms with Crippen molar-refractivity contribution in [3.63, 3.8) is 0 Å². The molecule has 1 aromatic rings. The van der Waals surface area contributed by atoms with Crippen molar-refractivity contribution in [3.8, 4) is 0 Å².